The van der Waals surface area contributed by atoms with Crippen LogP contribution in [0.15, 0.2) is 46.9 Å². The second-order valence-corrected chi connectivity index (χ2v) is 4.72. The van der Waals surface area contributed by atoms with Gasteiger partial charge in [0.05, 0.1) is 12.8 Å². The predicted molar refractivity (Wildman–Crippen MR) is 76.1 cm³/mol. The Morgan fingerprint density at radius 2 is 2.06 bits per heavy atom. The molecule has 0 aliphatic rings. The molecule has 0 aromatic heterocycles. The van der Waals surface area contributed by atoms with E-state index in [-0.39, 0.29) is 5.75 Å². The van der Waals surface area contributed by atoms with Gasteiger partial charge in [-0.25, -0.2) is 0 Å². The van der Waals surface area contributed by atoms with Gasteiger partial charge in [-0.15, -0.1) is 0 Å². The molecule has 18 heavy (non-hydrogen) atoms. The van der Waals surface area contributed by atoms with Crippen molar-refractivity contribution >= 4 is 21.6 Å². The molecule has 0 radical (unpaired) electrons. The summed E-state index contributed by atoms with van der Waals surface area (Å²) in [6, 6.07) is 12.9. The Morgan fingerprint density at radius 1 is 1.22 bits per heavy atom. The van der Waals surface area contributed by atoms with Crippen molar-refractivity contribution in [2.45, 2.75) is 6.54 Å². The van der Waals surface area contributed by atoms with E-state index in [0.29, 0.717) is 6.54 Å². The highest BCUT2D eigenvalue weighted by Crippen LogP contribution is 2.27. The van der Waals surface area contributed by atoms with Gasteiger partial charge in [0.25, 0.3) is 0 Å². The first-order chi connectivity index (χ1) is 8.69. The van der Waals surface area contributed by atoms with Crippen LogP contribution in [0.4, 0.5) is 5.69 Å². The van der Waals surface area contributed by atoms with E-state index in [1.165, 1.54) is 0 Å². The first kappa shape index (κ1) is 12.8. The monoisotopic (exact) mass is 307 g/mol. The van der Waals surface area contributed by atoms with Gasteiger partial charge in [0.15, 0.2) is 0 Å². The fraction of sp³-hybridized carbons (Fsp3) is 0.143. The number of ether oxygens (including phenoxy) is 1. The number of hydrogen-bond donors (Lipinski definition) is 2. The molecule has 0 aliphatic carbocycles. The molecule has 0 aliphatic heterocycles. The van der Waals surface area contributed by atoms with Crippen LogP contribution < -0.4 is 10.1 Å². The Balaban J connectivity index is 2.10. The summed E-state index contributed by atoms with van der Waals surface area (Å²) >= 11 is 3.48. The summed E-state index contributed by atoms with van der Waals surface area (Å²) in [5.41, 5.74) is 1.97. The van der Waals surface area contributed by atoms with Crippen molar-refractivity contribution < 1.29 is 9.84 Å². The number of nitrogens with one attached hydrogen (secondary N) is 1. The number of rotatable bonds is 4. The molecular weight excluding hydrogens is 294 g/mol. The third-order valence-corrected chi connectivity index (χ3v) is 3.26. The molecule has 0 fully saturated rings. The van der Waals surface area contributed by atoms with E-state index in [1.54, 1.807) is 19.2 Å². The molecule has 3 nitrogen and oxygen atoms in total. The van der Waals surface area contributed by atoms with E-state index in [2.05, 4.69) is 21.2 Å². The van der Waals surface area contributed by atoms with Crippen molar-refractivity contribution in [3.8, 4) is 11.5 Å². The molecule has 0 saturated heterocycles. The Kier molecular flexibility index (Phi) is 4.10. The van der Waals surface area contributed by atoms with E-state index in [4.69, 9.17) is 4.74 Å². The van der Waals surface area contributed by atoms with Crippen LogP contribution in [0.2, 0.25) is 0 Å². The third-order valence-electron chi connectivity index (χ3n) is 2.57. The van der Waals surface area contributed by atoms with Crippen LogP contribution in [0.1, 0.15) is 5.56 Å². The van der Waals surface area contributed by atoms with Crippen molar-refractivity contribution in [2.24, 2.45) is 0 Å². The SMILES string of the molecule is COc1ccc(Br)c(NCc2cccc(O)c2)c1. The van der Waals surface area contributed by atoms with Crippen molar-refractivity contribution in [2.75, 3.05) is 12.4 Å². The number of aromatic hydroxyl groups is 1. The molecule has 0 atom stereocenters. The average molecular weight is 308 g/mol. The normalized spacial score (nSPS) is 10.1. The predicted octanol–water partition coefficient (Wildman–Crippen LogP) is 3.78. The second-order valence-electron chi connectivity index (χ2n) is 3.87. The highest BCUT2D eigenvalue weighted by atomic mass is 79.9. The minimum absolute atomic E-state index is 0.277. The van der Waals surface area contributed by atoms with E-state index >= 15 is 0 Å². The summed E-state index contributed by atoms with van der Waals surface area (Å²) in [6.45, 7) is 0.639. The average Bonchev–Trinajstić information content (AvgIpc) is 2.38. The lowest BCUT2D eigenvalue weighted by atomic mass is 10.2. The van der Waals surface area contributed by atoms with Crippen molar-refractivity contribution in [3.05, 3.63) is 52.5 Å². The van der Waals surface area contributed by atoms with Crippen LogP contribution in [0.5, 0.6) is 11.5 Å². The molecule has 0 heterocycles. The smallest absolute Gasteiger partial charge is 0.121 e. The zero-order valence-corrected chi connectivity index (χ0v) is 11.6. The van der Waals surface area contributed by atoms with Crippen LogP contribution in [0.3, 0.4) is 0 Å². The highest BCUT2D eigenvalue weighted by molar-refractivity contribution is 9.10. The van der Waals surface area contributed by atoms with Gasteiger partial charge in [-0.3, -0.25) is 0 Å². The number of benzene rings is 2. The second kappa shape index (κ2) is 5.78. The lowest BCUT2D eigenvalue weighted by Crippen LogP contribution is -2.00. The van der Waals surface area contributed by atoms with E-state index in [1.807, 2.05) is 30.3 Å². The molecule has 2 aromatic rings. The molecule has 0 unspecified atom stereocenters. The van der Waals surface area contributed by atoms with E-state index in [9.17, 15) is 5.11 Å². The Labute approximate surface area is 115 Å². The molecule has 0 spiro atoms. The fourth-order valence-corrected chi connectivity index (χ4v) is 2.02. The van der Waals surface area contributed by atoms with Gasteiger partial charge in [-0.05, 0) is 45.8 Å². The standard InChI is InChI=1S/C14H14BrNO2/c1-18-12-5-6-13(15)14(8-12)16-9-10-3-2-4-11(17)7-10/h2-8,16-17H,9H2,1H3. The van der Waals surface area contributed by atoms with Crippen LogP contribution in [-0.2, 0) is 6.54 Å². The van der Waals surface area contributed by atoms with Gasteiger partial charge in [-0.2, -0.15) is 0 Å². The topological polar surface area (TPSA) is 41.5 Å². The van der Waals surface area contributed by atoms with Crippen molar-refractivity contribution in [3.63, 3.8) is 0 Å². The van der Waals surface area contributed by atoms with E-state index < -0.39 is 0 Å². The zero-order valence-electron chi connectivity index (χ0n) is 9.98. The fourth-order valence-electron chi connectivity index (χ4n) is 1.63. The number of phenols is 1. The lowest BCUT2D eigenvalue weighted by Gasteiger charge is -2.10. The summed E-state index contributed by atoms with van der Waals surface area (Å²) < 4.78 is 6.16. The van der Waals surface area contributed by atoms with Gasteiger partial charge in [-0.1, -0.05) is 12.1 Å². The Morgan fingerprint density at radius 3 is 2.78 bits per heavy atom. The number of anilines is 1. The number of phenolic OH excluding ortho intramolecular Hbond substituents is 1. The molecule has 0 bridgehead atoms. The molecule has 94 valence electrons. The lowest BCUT2D eigenvalue weighted by molar-refractivity contribution is 0.415. The minimum atomic E-state index is 0.277. The molecule has 2 N–H and O–H groups in total. The summed E-state index contributed by atoms with van der Waals surface area (Å²) in [5.74, 6) is 1.08. The van der Waals surface area contributed by atoms with Crippen LogP contribution >= 0.6 is 15.9 Å². The Hall–Kier alpha value is -1.68. The summed E-state index contributed by atoms with van der Waals surface area (Å²) in [6.07, 6.45) is 0. The van der Waals surface area contributed by atoms with Gasteiger partial charge in [0.2, 0.25) is 0 Å². The first-order valence-electron chi connectivity index (χ1n) is 5.54. The Bertz CT molecular complexity index is 543. The quantitative estimate of drug-likeness (QED) is 0.903. The van der Waals surface area contributed by atoms with Gasteiger partial charge < -0.3 is 15.2 Å². The van der Waals surface area contributed by atoms with Crippen molar-refractivity contribution in [1.29, 1.82) is 0 Å². The van der Waals surface area contributed by atoms with Crippen LogP contribution in [0, 0.1) is 0 Å². The molecule has 0 amide bonds. The minimum Gasteiger partial charge on any atom is -0.508 e. The molecular formula is C14H14BrNO2. The zero-order chi connectivity index (χ0) is 13.0. The van der Waals surface area contributed by atoms with Gasteiger partial charge >= 0.3 is 0 Å². The number of hydrogen-bond acceptors (Lipinski definition) is 3. The number of halogens is 1. The maximum atomic E-state index is 9.39. The third kappa shape index (κ3) is 3.17. The largest absolute Gasteiger partial charge is 0.508 e. The van der Waals surface area contributed by atoms with Gasteiger partial charge in [0, 0.05) is 17.1 Å². The first-order valence-corrected chi connectivity index (χ1v) is 6.33. The summed E-state index contributed by atoms with van der Waals surface area (Å²) in [4.78, 5) is 0. The summed E-state index contributed by atoms with van der Waals surface area (Å²) in [5, 5.41) is 12.7. The molecule has 2 aromatic carbocycles. The molecule has 0 saturated carbocycles. The maximum absolute atomic E-state index is 9.39. The van der Waals surface area contributed by atoms with Crippen LogP contribution in [-0.4, -0.2) is 12.2 Å². The van der Waals surface area contributed by atoms with Crippen LogP contribution in [0.25, 0.3) is 0 Å². The maximum Gasteiger partial charge on any atom is 0.121 e. The van der Waals surface area contributed by atoms with E-state index in [0.717, 1.165) is 21.5 Å². The summed E-state index contributed by atoms with van der Waals surface area (Å²) in [7, 11) is 1.64. The van der Waals surface area contributed by atoms with Gasteiger partial charge in [0.1, 0.15) is 11.5 Å². The highest BCUT2D eigenvalue weighted by Gasteiger charge is 2.02. The molecule has 2 rings (SSSR count). The number of methoxy groups -OCH3 is 1. The van der Waals surface area contributed by atoms with Crippen molar-refractivity contribution in [1.82, 2.24) is 0 Å². The molecule has 4 heteroatoms.